The molecule has 5 unspecified atom stereocenters. The maximum absolute atomic E-state index is 12.8. The van der Waals surface area contributed by atoms with Gasteiger partial charge in [-0.05, 0) is 25.7 Å². The number of carbonyl (C=O) groups is 6. The number of carboxylic acids is 3. The molecule has 14 nitrogen and oxygen atoms in total. The van der Waals surface area contributed by atoms with E-state index in [1.807, 2.05) is 0 Å². The van der Waals surface area contributed by atoms with Gasteiger partial charge in [0, 0.05) is 12.8 Å². The zero-order valence-corrected chi connectivity index (χ0v) is 18.6. The van der Waals surface area contributed by atoms with Crippen LogP contribution in [0.3, 0.4) is 0 Å². The van der Waals surface area contributed by atoms with Gasteiger partial charge in [0.05, 0.1) is 12.1 Å². The molecular weight excluding hydrogens is 444 g/mol. The van der Waals surface area contributed by atoms with Crippen molar-refractivity contribution >= 4 is 35.6 Å². The number of amides is 3. The van der Waals surface area contributed by atoms with E-state index in [-0.39, 0.29) is 12.8 Å². The summed E-state index contributed by atoms with van der Waals surface area (Å²) in [6, 6.07) is -5.59. The maximum Gasteiger partial charge on any atom is 0.328 e. The van der Waals surface area contributed by atoms with E-state index in [0.29, 0.717) is 0 Å². The van der Waals surface area contributed by atoms with Crippen LogP contribution in [-0.2, 0) is 28.8 Å². The summed E-state index contributed by atoms with van der Waals surface area (Å²) in [5.41, 5.74) is 5.61. The molecule has 0 radical (unpaired) electrons. The predicted octanol–water partition coefficient (Wildman–Crippen LogP) is -2.38. The summed E-state index contributed by atoms with van der Waals surface area (Å²) in [5, 5.41) is 43.0. The molecule has 0 saturated carbocycles. The Morgan fingerprint density at radius 1 is 0.727 bits per heavy atom. The SMILES string of the molecule is CC(C)C(NC(=O)C(CCC(=O)O)NC(=O)C(N)CCC(=O)O)C(=O)NC(C(=O)O)C(C)O. The molecule has 0 aromatic heterocycles. The largest absolute Gasteiger partial charge is 0.481 e. The lowest BCUT2D eigenvalue weighted by Crippen LogP contribution is -2.59. The highest BCUT2D eigenvalue weighted by Gasteiger charge is 2.33. The normalized spacial score (nSPS) is 15.5. The summed E-state index contributed by atoms with van der Waals surface area (Å²) in [5.74, 6) is -7.19. The zero-order valence-electron chi connectivity index (χ0n) is 18.6. The first-order valence-electron chi connectivity index (χ1n) is 10.2. The van der Waals surface area contributed by atoms with Gasteiger partial charge in [-0.15, -0.1) is 0 Å². The van der Waals surface area contributed by atoms with Gasteiger partial charge in [-0.25, -0.2) is 4.79 Å². The van der Waals surface area contributed by atoms with Crippen LogP contribution in [0.25, 0.3) is 0 Å². The summed E-state index contributed by atoms with van der Waals surface area (Å²) < 4.78 is 0. The Bertz CT molecular complexity index is 740. The van der Waals surface area contributed by atoms with Crippen molar-refractivity contribution in [1.82, 2.24) is 16.0 Å². The summed E-state index contributed by atoms with van der Waals surface area (Å²) in [4.78, 5) is 70.3. The average Bonchev–Trinajstić information content (AvgIpc) is 2.69. The highest BCUT2D eigenvalue weighted by Crippen LogP contribution is 2.07. The van der Waals surface area contributed by atoms with Gasteiger partial charge >= 0.3 is 17.9 Å². The number of nitrogens with one attached hydrogen (secondary N) is 3. The topological polar surface area (TPSA) is 245 Å². The summed E-state index contributed by atoms with van der Waals surface area (Å²) in [6.45, 7) is 4.26. The number of hydrogen-bond donors (Lipinski definition) is 8. The number of aliphatic hydroxyl groups excluding tert-OH is 1. The molecule has 0 rings (SSSR count). The van der Waals surface area contributed by atoms with E-state index in [2.05, 4.69) is 16.0 Å². The van der Waals surface area contributed by atoms with Crippen molar-refractivity contribution < 1.29 is 49.2 Å². The molecule has 0 aliphatic carbocycles. The van der Waals surface area contributed by atoms with Gasteiger partial charge in [0.15, 0.2) is 6.04 Å². The highest BCUT2D eigenvalue weighted by atomic mass is 16.4. The van der Waals surface area contributed by atoms with Crippen molar-refractivity contribution in [3.05, 3.63) is 0 Å². The number of aliphatic hydroxyl groups is 1. The first-order chi connectivity index (χ1) is 15.2. The third kappa shape index (κ3) is 11.2. The monoisotopic (exact) mass is 476 g/mol. The molecule has 0 aliphatic heterocycles. The molecule has 9 N–H and O–H groups in total. The van der Waals surface area contributed by atoms with Crippen LogP contribution in [0, 0.1) is 5.92 Å². The third-order valence-electron chi connectivity index (χ3n) is 4.58. The number of nitrogens with two attached hydrogens (primary N) is 1. The van der Waals surface area contributed by atoms with Crippen molar-refractivity contribution in [2.24, 2.45) is 11.7 Å². The molecule has 0 aromatic carbocycles. The second kappa shape index (κ2) is 14.0. The fourth-order valence-electron chi connectivity index (χ4n) is 2.65. The Morgan fingerprint density at radius 3 is 1.64 bits per heavy atom. The van der Waals surface area contributed by atoms with E-state index in [4.69, 9.17) is 21.1 Å². The van der Waals surface area contributed by atoms with Gasteiger partial charge in [-0.3, -0.25) is 24.0 Å². The lowest BCUT2D eigenvalue weighted by molar-refractivity contribution is -0.145. The lowest BCUT2D eigenvalue weighted by Gasteiger charge is -2.27. The van der Waals surface area contributed by atoms with Crippen LogP contribution in [0.15, 0.2) is 0 Å². The molecule has 0 bridgehead atoms. The van der Waals surface area contributed by atoms with Crippen LogP contribution in [-0.4, -0.2) is 86.3 Å². The highest BCUT2D eigenvalue weighted by molar-refractivity contribution is 5.94. The molecule has 14 heteroatoms. The van der Waals surface area contributed by atoms with Gasteiger partial charge < -0.3 is 42.1 Å². The standard InChI is InChI=1S/C19H32N4O10/c1-8(2)14(18(31)23-15(9(3)24)19(32)33)22-17(30)11(5-7-13(27)28)21-16(29)10(20)4-6-12(25)26/h8-11,14-15,24H,4-7,20H2,1-3H3,(H,21,29)(H,22,30)(H,23,31)(H,25,26)(H,27,28)(H,32,33). The second-order valence-electron chi connectivity index (χ2n) is 7.83. The van der Waals surface area contributed by atoms with Crippen LogP contribution in [0.1, 0.15) is 46.5 Å². The molecule has 0 spiro atoms. The molecular formula is C19H32N4O10. The number of carbonyl (C=O) groups excluding carboxylic acids is 3. The molecule has 0 aromatic rings. The van der Waals surface area contributed by atoms with Crippen molar-refractivity contribution in [1.29, 1.82) is 0 Å². The first-order valence-corrected chi connectivity index (χ1v) is 10.2. The molecule has 0 fully saturated rings. The molecule has 0 saturated heterocycles. The summed E-state index contributed by atoms with van der Waals surface area (Å²) in [6.07, 6.45) is -2.91. The molecule has 0 aliphatic rings. The van der Waals surface area contributed by atoms with E-state index in [9.17, 15) is 33.9 Å². The minimum atomic E-state index is -1.63. The maximum atomic E-state index is 12.8. The predicted molar refractivity (Wildman–Crippen MR) is 112 cm³/mol. The van der Waals surface area contributed by atoms with Gasteiger partial charge in [0.25, 0.3) is 0 Å². The van der Waals surface area contributed by atoms with E-state index in [0.717, 1.165) is 6.92 Å². The van der Waals surface area contributed by atoms with Crippen molar-refractivity contribution in [3.63, 3.8) is 0 Å². The Balaban J connectivity index is 5.46. The fraction of sp³-hybridized carbons (Fsp3) is 0.684. The number of aliphatic carboxylic acids is 3. The Kier molecular flexibility index (Phi) is 12.6. The van der Waals surface area contributed by atoms with Crippen LogP contribution in [0.4, 0.5) is 0 Å². The van der Waals surface area contributed by atoms with Gasteiger partial charge in [-0.1, -0.05) is 13.8 Å². The molecule has 33 heavy (non-hydrogen) atoms. The minimum absolute atomic E-state index is 0.221. The molecule has 0 heterocycles. The Labute approximate surface area is 189 Å². The molecule has 5 atom stereocenters. The Morgan fingerprint density at radius 2 is 1.21 bits per heavy atom. The van der Waals surface area contributed by atoms with Gasteiger partial charge in [0.2, 0.25) is 17.7 Å². The van der Waals surface area contributed by atoms with Gasteiger partial charge in [0.1, 0.15) is 12.1 Å². The molecule has 188 valence electrons. The average molecular weight is 476 g/mol. The lowest BCUT2D eigenvalue weighted by atomic mass is 10.0. The van der Waals surface area contributed by atoms with Crippen molar-refractivity contribution in [3.8, 4) is 0 Å². The minimum Gasteiger partial charge on any atom is -0.481 e. The summed E-state index contributed by atoms with van der Waals surface area (Å²) in [7, 11) is 0. The number of carboxylic acid groups (broad SMARTS) is 3. The first kappa shape index (κ1) is 29.7. The second-order valence-corrected chi connectivity index (χ2v) is 7.83. The van der Waals surface area contributed by atoms with E-state index in [1.54, 1.807) is 13.8 Å². The number of hydrogen-bond acceptors (Lipinski definition) is 8. The van der Waals surface area contributed by atoms with Crippen molar-refractivity contribution in [2.45, 2.75) is 76.7 Å². The Hall–Kier alpha value is -3.26. The van der Waals surface area contributed by atoms with Crippen LogP contribution in [0.5, 0.6) is 0 Å². The zero-order chi connectivity index (χ0) is 25.9. The van der Waals surface area contributed by atoms with Gasteiger partial charge in [-0.2, -0.15) is 0 Å². The van der Waals surface area contributed by atoms with Crippen molar-refractivity contribution in [2.75, 3.05) is 0 Å². The van der Waals surface area contributed by atoms with Crippen LogP contribution in [0.2, 0.25) is 0 Å². The fourth-order valence-corrected chi connectivity index (χ4v) is 2.65. The van der Waals surface area contributed by atoms with E-state index >= 15 is 0 Å². The smallest absolute Gasteiger partial charge is 0.328 e. The quantitative estimate of drug-likeness (QED) is 0.124. The van der Waals surface area contributed by atoms with Crippen LogP contribution >= 0.6 is 0 Å². The number of rotatable bonds is 15. The van der Waals surface area contributed by atoms with E-state index < -0.39 is 84.7 Å². The third-order valence-corrected chi connectivity index (χ3v) is 4.58. The molecule has 3 amide bonds. The van der Waals surface area contributed by atoms with Crippen LogP contribution < -0.4 is 21.7 Å². The van der Waals surface area contributed by atoms with E-state index in [1.165, 1.54) is 0 Å². The summed E-state index contributed by atoms with van der Waals surface area (Å²) >= 11 is 0.